The summed E-state index contributed by atoms with van der Waals surface area (Å²) in [6.45, 7) is 12.2. The molecule has 12 aliphatic rings. The fourth-order valence-corrected chi connectivity index (χ4v) is 21.9. The molecule has 0 spiro atoms. The zero-order valence-electron chi connectivity index (χ0n) is 60.3. The van der Waals surface area contributed by atoms with Gasteiger partial charge in [0.15, 0.2) is 11.7 Å². The summed E-state index contributed by atoms with van der Waals surface area (Å²) in [6, 6.07) is 0. The summed E-state index contributed by atoms with van der Waals surface area (Å²) in [5.74, 6) is -1.34. The van der Waals surface area contributed by atoms with Crippen molar-refractivity contribution < 1.29 is 134 Å². The Balaban J connectivity index is 0.000000671. The fraction of sp³-hybridized carbons (Fsp3) is 1.00. The van der Waals surface area contributed by atoms with Gasteiger partial charge in [-0.25, -0.2) is 0 Å². The Morgan fingerprint density at radius 3 is 0.888 bits per heavy atom. The highest BCUT2D eigenvalue weighted by Gasteiger charge is 2.75. The van der Waals surface area contributed by atoms with Gasteiger partial charge in [-0.3, -0.25) is 0 Å². The maximum atomic E-state index is 13.7. The minimum absolute atomic E-state index is 0. The van der Waals surface area contributed by atoms with E-state index in [0.29, 0.717) is 72.9 Å². The lowest BCUT2D eigenvalue weighted by Gasteiger charge is -2.43. The molecular formula is C74H133F21O9Si3. The summed E-state index contributed by atoms with van der Waals surface area (Å²) in [6.07, 6.45) is -5.02. The molecule has 12 fully saturated rings. The van der Waals surface area contributed by atoms with E-state index in [1.807, 2.05) is 0 Å². The van der Waals surface area contributed by atoms with Gasteiger partial charge >= 0.3 is 67.1 Å². The first-order chi connectivity index (χ1) is 46.3. The lowest BCUT2D eigenvalue weighted by Crippen LogP contribution is -2.60. The van der Waals surface area contributed by atoms with Gasteiger partial charge in [0.25, 0.3) is 5.60 Å². The Morgan fingerprint density at radius 2 is 0.617 bits per heavy atom. The molecule has 0 aromatic heterocycles. The van der Waals surface area contributed by atoms with Crippen molar-refractivity contribution in [3.05, 3.63) is 0 Å². The molecule has 0 saturated heterocycles. The van der Waals surface area contributed by atoms with Crippen LogP contribution in [-0.2, 0) is 41.7 Å². The topological polar surface area (TPSA) is 83.1 Å². The molecule has 12 rings (SSSR count). The van der Waals surface area contributed by atoms with Crippen LogP contribution in [0.3, 0.4) is 0 Å². The molecule has 33 heteroatoms. The second-order valence-electron chi connectivity index (χ2n) is 32.6. The Labute approximate surface area is 628 Å². The van der Waals surface area contributed by atoms with Crippen molar-refractivity contribution in [2.45, 2.75) is 287 Å². The van der Waals surface area contributed by atoms with Crippen molar-refractivity contribution in [2.24, 2.45) is 124 Å². The predicted molar refractivity (Wildman–Crippen MR) is 380 cm³/mol. The average Bonchev–Trinajstić information content (AvgIpc) is 1.57. The number of halogens is 21. The van der Waals surface area contributed by atoms with Crippen LogP contribution in [0.5, 0.6) is 0 Å². The first-order valence-electron chi connectivity index (χ1n) is 36.1. The van der Waals surface area contributed by atoms with Gasteiger partial charge in [0.05, 0.1) is 0 Å². The third-order valence-electron chi connectivity index (χ3n) is 26.6. The lowest BCUT2D eigenvalue weighted by atomic mass is 9.65. The Hall–Kier alpha value is -1.18. The van der Waals surface area contributed by atoms with E-state index >= 15 is 0 Å². The van der Waals surface area contributed by atoms with Gasteiger partial charge < -0.3 is 41.7 Å². The summed E-state index contributed by atoms with van der Waals surface area (Å²) in [4.78, 5) is 0. The molecule has 0 N–H and O–H groups in total. The summed E-state index contributed by atoms with van der Waals surface area (Å²) < 4.78 is 311. The summed E-state index contributed by atoms with van der Waals surface area (Å²) >= 11 is 0. The third-order valence-corrected chi connectivity index (χ3v) is 33.8. The van der Waals surface area contributed by atoms with E-state index in [0.717, 1.165) is 140 Å². The summed E-state index contributed by atoms with van der Waals surface area (Å²) in [5.41, 5.74) is -6.22. The molecule has 12 aliphatic carbocycles. The highest BCUT2D eigenvalue weighted by molar-refractivity contribution is 6.73. The molecule has 0 aliphatic heterocycles. The molecule has 12 bridgehead atoms. The van der Waals surface area contributed by atoms with Crippen molar-refractivity contribution in [3.63, 3.8) is 0 Å². The zero-order chi connectivity index (χ0) is 76.0. The lowest BCUT2D eigenvalue weighted by molar-refractivity contribution is -0.398. The van der Waals surface area contributed by atoms with Crippen molar-refractivity contribution in [1.82, 2.24) is 0 Å². The maximum absolute atomic E-state index is 13.7. The number of rotatable bonds is 21. The molecule has 23 atom stereocenters. The second-order valence-corrected chi connectivity index (χ2v) is 44.6. The highest BCUT2D eigenvalue weighted by Crippen LogP contribution is 2.73. The monoisotopic (exact) mass is 1650 g/mol. The Kier molecular flexibility index (Phi) is 38.0. The molecule has 0 aromatic rings. The number of alkyl halides is 21. The molecule has 12 saturated carbocycles. The van der Waals surface area contributed by atoms with Crippen LogP contribution in [0.15, 0.2) is 0 Å². The molecule has 0 radical (unpaired) electrons. The molecular weight excluding hydrogens is 1520 g/mol. The fourth-order valence-electron chi connectivity index (χ4n) is 21.2. The Bertz CT molecular complexity index is 2520. The smallest absolute Gasteiger partial charge is 0.411 e. The van der Waals surface area contributed by atoms with Gasteiger partial charge in [-0.2, -0.15) is 92.2 Å². The van der Waals surface area contributed by atoms with Crippen LogP contribution < -0.4 is 0 Å². The minimum atomic E-state index is -5.53. The van der Waals surface area contributed by atoms with E-state index in [1.54, 1.807) is 13.8 Å². The van der Waals surface area contributed by atoms with E-state index in [4.69, 9.17) is 23.7 Å². The van der Waals surface area contributed by atoms with E-state index in [1.165, 1.54) is 71.6 Å². The summed E-state index contributed by atoms with van der Waals surface area (Å²) in [7, 11) is -6.85. The first-order valence-corrected chi connectivity index (χ1v) is 44.8. The van der Waals surface area contributed by atoms with E-state index in [9.17, 15) is 92.2 Å². The van der Waals surface area contributed by atoms with Crippen LogP contribution in [0.1, 0.15) is 188 Å². The molecule has 107 heavy (non-hydrogen) atoms. The number of fused-ring (bicyclic) bond motifs is 27. The largest absolute Gasteiger partial charge is 0.426 e. The van der Waals surface area contributed by atoms with Crippen LogP contribution in [-0.4, -0.2) is 146 Å². The van der Waals surface area contributed by atoms with Gasteiger partial charge in [0.2, 0.25) is 0 Å². The molecule has 642 valence electrons. The maximum Gasteiger partial charge on any atom is 0.426 e. The van der Waals surface area contributed by atoms with Crippen LogP contribution in [0.2, 0.25) is 39.3 Å². The van der Waals surface area contributed by atoms with Crippen molar-refractivity contribution in [1.29, 1.82) is 0 Å². The van der Waals surface area contributed by atoms with Crippen molar-refractivity contribution in [2.75, 3.05) is 61.5 Å². The van der Waals surface area contributed by atoms with Gasteiger partial charge in [0, 0.05) is 41.2 Å². The summed E-state index contributed by atoms with van der Waals surface area (Å²) in [5, 5.41) is 0. The number of ether oxygens (including phenoxy) is 6. The van der Waals surface area contributed by atoms with Crippen LogP contribution in [0, 0.1) is 124 Å². The number of hydrogen-bond acceptors (Lipinski definition) is 9. The second kappa shape index (κ2) is 39.2. The number of hydrogen-bond donors (Lipinski definition) is 0. The van der Waals surface area contributed by atoms with Gasteiger partial charge in [-0.1, -0.05) is 44.6 Å². The van der Waals surface area contributed by atoms with E-state index < -0.39 is 103 Å². The van der Waals surface area contributed by atoms with Crippen LogP contribution in [0.4, 0.5) is 92.2 Å². The highest BCUT2D eigenvalue weighted by atomic mass is 28.4. The molecule has 0 heterocycles. The predicted octanol–water partition coefficient (Wildman–Crippen LogP) is 24.9. The van der Waals surface area contributed by atoms with Crippen molar-refractivity contribution >= 4 is 25.0 Å². The zero-order valence-corrected chi connectivity index (χ0v) is 63.3. The quantitative estimate of drug-likeness (QED) is 0.0367. The van der Waals surface area contributed by atoms with Gasteiger partial charge in [-0.05, 0) is 307 Å². The molecule has 0 amide bonds. The SMILES string of the molecule is C.C.C.C.C.C.CCOCOC(C)(CC1CC2CC1C1C3CCC(C3)C21)C(F)(F)F.CCOCOC(CC1CC2CC1C1C3CCC(C3)C21)(C(F)(F)F)C(F)(F)F.CCOCOC(CC1CC2CC1C1C3CCC(C3)C21)C(F)(F)F.CO[Si](C)(C)C(F)(F)F.CO[Si](C)(C)C(F)(F)F.CO[Si](C)(C)C(F)(F)F. The Morgan fingerprint density at radius 1 is 0.336 bits per heavy atom. The van der Waals surface area contributed by atoms with Gasteiger partial charge in [0.1, 0.15) is 20.4 Å². The average molecular weight is 1650 g/mol. The van der Waals surface area contributed by atoms with Gasteiger partial charge in [-0.15, -0.1) is 0 Å². The van der Waals surface area contributed by atoms with E-state index in [2.05, 4.69) is 18.0 Å². The van der Waals surface area contributed by atoms with E-state index in [-0.39, 0.29) is 95.3 Å². The third kappa shape index (κ3) is 22.5. The van der Waals surface area contributed by atoms with Crippen molar-refractivity contribution in [3.8, 4) is 0 Å². The standard InChI is InChI=1S/C19H26F6O2.C19H29F3O2.C18H27F3O2.3C4H9F3OSi.6CH4/c1-2-26-9-27-17(18(20,21)22,19(23,24)25)8-13-6-12-7-14(13)16-11-4-3-10(5-11)15(12)16;1-3-23-10-24-18(2,19(20,21)22)9-14-7-13-8-15(14)17-12-5-4-11(6-12)16(13)17;1-2-22-9-23-15(18(19,20)21)8-12-6-13-7-14(12)17-11-4-3-10(5-11)16(13)17;3*1-8-9(2,3)4(5,6)7;;;;;;/h10-16H,2-9H2,1H3;11-17H,3-10H2,1-2H3;10-17H,2-9H2,1H3;3*1-3H3;6*1H4. The molecule has 23 unspecified atom stereocenters. The molecule has 0 aromatic carbocycles. The van der Waals surface area contributed by atoms with Crippen LogP contribution >= 0.6 is 0 Å². The normalized spacial score (nSPS) is 33.9. The first kappa shape index (κ1) is 104. The van der Waals surface area contributed by atoms with Crippen LogP contribution in [0.25, 0.3) is 0 Å². The minimum Gasteiger partial charge on any atom is -0.411 e. The molecule has 9 nitrogen and oxygen atoms in total.